The Balaban J connectivity index is 2.77. The number of rotatable bonds is 10. The van der Waals surface area contributed by atoms with Gasteiger partial charge in [-0.15, -0.1) is 0 Å². The molecule has 0 radical (unpaired) electrons. The third kappa shape index (κ3) is 6.29. The predicted octanol–water partition coefficient (Wildman–Crippen LogP) is 3.87. The number of carbonyl (C=O) groups is 1. The average Bonchev–Trinajstić information content (AvgIpc) is 2.45. The van der Waals surface area contributed by atoms with Crippen LogP contribution in [0.5, 0.6) is 0 Å². The van der Waals surface area contributed by atoms with Crippen LogP contribution in [0, 0.1) is 0 Å². The largest absolute Gasteiger partial charge is 0.389 e. The zero-order valence-corrected chi connectivity index (χ0v) is 14.3. The maximum atomic E-state index is 12.5. The highest BCUT2D eigenvalue weighted by atomic mass is 16.3. The van der Waals surface area contributed by atoms with Gasteiger partial charge in [0, 0.05) is 18.0 Å². The van der Waals surface area contributed by atoms with E-state index in [9.17, 15) is 9.90 Å². The molecule has 0 aliphatic rings. The molecule has 0 aromatic heterocycles. The van der Waals surface area contributed by atoms with Crippen LogP contribution < -0.4 is 5.73 Å². The molecule has 3 N–H and O–H groups in total. The van der Waals surface area contributed by atoms with E-state index < -0.39 is 5.60 Å². The Morgan fingerprint density at radius 1 is 1.27 bits per heavy atom. The van der Waals surface area contributed by atoms with Crippen molar-refractivity contribution in [2.75, 3.05) is 0 Å². The van der Waals surface area contributed by atoms with E-state index in [0.717, 1.165) is 31.2 Å². The highest BCUT2D eigenvalue weighted by Gasteiger charge is 2.28. The van der Waals surface area contributed by atoms with E-state index in [1.807, 2.05) is 45.0 Å². The lowest BCUT2D eigenvalue weighted by atomic mass is 9.86. The van der Waals surface area contributed by atoms with Gasteiger partial charge in [0.15, 0.2) is 5.78 Å². The molecule has 0 saturated carbocycles. The van der Waals surface area contributed by atoms with E-state index in [1.165, 1.54) is 0 Å². The number of carbonyl (C=O) groups excluding carboxylic acids is 1. The van der Waals surface area contributed by atoms with Gasteiger partial charge in [0.1, 0.15) is 0 Å². The molecule has 0 saturated heterocycles. The molecular formula is C19H31NO2. The maximum absolute atomic E-state index is 12.5. The molecule has 0 amide bonds. The summed E-state index contributed by atoms with van der Waals surface area (Å²) in [5.74, 6) is 0.0343. The summed E-state index contributed by atoms with van der Waals surface area (Å²) in [6.45, 7) is 6.07. The molecule has 0 aliphatic heterocycles. The lowest BCUT2D eigenvalue weighted by Gasteiger charge is -2.26. The summed E-state index contributed by atoms with van der Waals surface area (Å²) in [6.07, 6.45) is 5.13. The average molecular weight is 305 g/mol. The molecule has 0 bridgehead atoms. The van der Waals surface area contributed by atoms with Gasteiger partial charge in [-0.3, -0.25) is 4.79 Å². The van der Waals surface area contributed by atoms with E-state index >= 15 is 0 Å². The lowest BCUT2D eigenvalue weighted by molar-refractivity contribution is 0.0152. The fourth-order valence-electron chi connectivity index (χ4n) is 2.93. The molecule has 0 spiro atoms. The number of hydrogen-bond acceptors (Lipinski definition) is 3. The molecule has 0 fully saturated rings. The van der Waals surface area contributed by atoms with Crippen LogP contribution in [0.4, 0.5) is 0 Å². The highest BCUT2D eigenvalue weighted by Crippen LogP contribution is 2.25. The first kappa shape index (κ1) is 18.9. The van der Waals surface area contributed by atoms with E-state index in [-0.39, 0.29) is 18.2 Å². The van der Waals surface area contributed by atoms with Crippen molar-refractivity contribution >= 4 is 5.78 Å². The van der Waals surface area contributed by atoms with Crippen LogP contribution in [0.25, 0.3) is 0 Å². The summed E-state index contributed by atoms with van der Waals surface area (Å²) < 4.78 is 0. The molecule has 1 unspecified atom stereocenters. The Labute approximate surface area is 134 Å². The van der Waals surface area contributed by atoms with Crippen molar-refractivity contribution in [2.24, 2.45) is 5.73 Å². The van der Waals surface area contributed by atoms with Gasteiger partial charge >= 0.3 is 0 Å². The minimum atomic E-state index is -0.859. The number of hydrogen-bond donors (Lipinski definition) is 2. The van der Waals surface area contributed by atoms with Crippen LogP contribution in [0.15, 0.2) is 24.3 Å². The maximum Gasteiger partial charge on any atom is 0.165 e. The zero-order valence-electron chi connectivity index (χ0n) is 14.3. The fourth-order valence-corrected chi connectivity index (χ4v) is 2.93. The number of nitrogens with two attached hydrogens (primary N) is 1. The minimum Gasteiger partial charge on any atom is -0.389 e. The van der Waals surface area contributed by atoms with Crippen molar-refractivity contribution in [2.45, 2.75) is 77.4 Å². The van der Waals surface area contributed by atoms with Crippen molar-refractivity contribution in [1.29, 1.82) is 0 Å². The Hall–Kier alpha value is -1.19. The standard InChI is InChI=1S/C19H31NO2/c1-4-11-19(22,12-5-2)14-18(21)17-8-6-7-16(13-17)10-9-15(3)20/h6-8,13,15,22H,4-5,9-12,14,20H2,1-3H3. The molecular weight excluding hydrogens is 274 g/mol. The topological polar surface area (TPSA) is 63.3 Å². The molecule has 1 aromatic carbocycles. The van der Waals surface area contributed by atoms with E-state index in [1.54, 1.807) is 0 Å². The first-order valence-corrected chi connectivity index (χ1v) is 8.50. The fraction of sp³-hybridized carbons (Fsp3) is 0.632. The zero-order chi connectivity index (χ0) is 16.6. The molecule has 1 rings (SSSR count). The molecule has 124 valence electrons. The highest BCUT2D eigenvalue weighted by molar-refractivity contribution is 5.96. The van der Waals surface area contributed by atoms with Crippen LogP contribution in [-0.4, -0.2) is 22.5 Å². The second-order valence-corrected chi connectivity index (χ2v) is 6.54. The normalized spacial score (nSPS) is 13.1. The van der Waals surface area contributed by atoms with Gasteiger partial charge in [-0.05, 0) is 44.2 Å². The summed E-state index contributed by atoms with van der Waals surface area (Å²) in [4.78, 5) is 12.5. The second kappa shape index (κ2) is 9.06. The van der Waals surface area contributed by atoms with Gasteiger partial charge in [-0.1, -0.05) is 44.9 Å². The summed E-state index contributed by atoms with van der Waals surface area (Å²) in [7, 11) is 0. The van der Waals surface area contributed by atoms with Crippen molar-refractivity contribution in [1.82, 2.24) is 0 Å². The molecule has 1 aromatic rings. The van der Waals surface area contributed by atoms with Crippen molar-refractivity contribution in [3.63, 3.8) is 0 Å². The molecule has 22 heavy (non-hydrogen) atoms. The second-order valence-electron chi connectivity index (χ2n) is 6.54. The molecule has 1 atom stereocenters. The number of Topliss-reactive ketones (excluding diaryl/α,β-unsaturated/α-hetero) is 1. The minimum absolute atomic E-state index is 0.0343. The molecule has 3 heteroatoms. The SMILES string of the molecule is CCCC(O)(CCC)CC(=O)c1cccc(CCC(C)N)c1. The van der Waals surface area contributed by atoms with Gasteiger partial charge in [-0.25, -0.2) is 0 Å². The van der Waals surface area contributed by atoms with Crippen LogP contribution in [-0.2, 0) is 6.42 Å². The molecule has 3 nitrogen and oxygen atoms in total. The first-order valence-electron chi connectivity index (χ1n) is 8.50. The Kier molecular flexibility index (Phi) is 7.77. The number of aryl methyl sites for hydroxylation is 1. The van der Waals surface area contributed by atoms with Gasteiger partial charge in [0.05, 0.1) is 5.60 Å². The van der Waals surface area contributed by atoms with Crippen LogP contribution >= 0.6 is 0 Å². The third-order valence-corrected chi connectivity index (χ3v) is 4.06. The van der Waals surface area contributed by atoms with Crippen molar-refractivity contribution in [3.05, 3.63) is 35.4 Å². The Morgan fingerprint density at radius 2 is 1.91 bits per heavy atom. The van der Waals surface area contributed by atoms with Crippen molar-refractivity contribution < 1.29 is 9.90 Å². The lowest BCUT2D eigenvalue weighted by Crippen LogP contribution is -2.31. The van der Waals surface area contributed by atoms with E-state index in [0.29, 0.717) is 18.4 Å². The number of aliphatic hydroxyl groups is 1. The number of benzene rings is 1. The van der Waals surface area contributed by atoms with Crippen molar-refractivity contribution in [3.8, 4) is 0 Å². The third-order valence-electron chi connectivity index (χ3n) is 4.06. The van der Waals surface area contributed by atoms with Gasteiger partial charge in [0.2, 0.25) is 0 Å². The van der Waals surface area contributed by atoms with Crippen LogP contribution in [0.2, 0.25) is 0 Å². The van der Waals surface area contributed by atoms with Gasteiger partial charge in [0.25, 0.3) is 0 Å². The molecule has 0 heterocycles. The summed E-state index contributed by atoms with van der Waals surface area (Å²) in [5.41, 5.74) is 6.77. The molecule has 0 aliphatic carbocycles. The smallest absolute Gasteiger partial charge is 0.165 e. The summed E-state index contributed by atoms with van der Waals surface area (Å²) >= 11 is 0. The number of ketones is 1. The van der Waals surface area contributed by atoms with Gasteiger partial charge in [-0.2, -0.15) is 0 Å². The van der Waals surface area contributed by atoms with Crippen LogP contribution in [0.1, 0.15) is 75.2 Å². The van der Waals surface area contributed by atoms with Gasteiger partial charge < -0.3 is 10.8 Å². The summed E-state index contributed by atoms with van der Waals surface area (Å²) in [5, 5.41) is 10.7. The quantitative estimate of drug-likeness (QED) is 0.645. The first-order chi connectivity index (χ1) is 10.4. The Morgan fingerprint density at radius 3 is 2.45 bits per heavy atom. The van der Waals surface area contributed by atoms with E-state index in [2.05, 4.69) is 0 Å². The Bertz CT molecular complexity index is 462. The predicted molar refractivity (Wildman–Crippen MR) is 92.1 cm³/mol. The van der Waals surface area contributed by atoms with Crippen LogP contribution in [0.3, 0.4) is 0 Å². The monoisotopic (exact) mass is 305 g/mol. The summed E-state index contributed by atoms with van der Waals surface area (Å²) in [6, 6.07) is 7.91. The van der Waals surface area contributed by atoms with E-state index in [4.69, 9.17) is 5.73 Å².